The minimum Gasteiger partial charge on any atom is -0.338 e. The topological polar surface area (TPSA) is 68.8 Å². The van der Waals surface area contributed by atoms with Crippen LogP contribution in [0.3, 0.4) is 0 Å². The first-order valence-corrected chi connectivity index (χ1v) is 14.0. The van der Waals surface area contributed by atoms with Crippen LogP contribution in [0.4, 0.5) is 10.1 Å². The first kappa shape index (κ1) is 25.4. The van der Waals surface area contributed by atoms with Gasteiger partial charge in [0.15, 0.2) is 0 Å². The summed E-state index contributed by atoms with van der Waals surface area (Å²) in [4.78, 5) is 37.8. The van der Waals surface area contributed by atoms with Crippen LogP contribution in [0, 0.1) is 11.7 Å². The van der Waals surface area contributed by atoms with Crippen molar-refractivity contribution in [1.29, 1.82) is 0 Å². The van der Waals surface area contributed by atoms with Gasteiger partial charge in [-0.2, -0.15) is 0 Å². The molecule has 1 aromatic carbocycles. The molecule has 7 nitrogen and oxygen atoms in total. The number of pyridine rings is 1. The molecule has 202 valence electrons. The molecular weight excluding hydrogens is 481 g/mol. The molecule has 2 saturated heterocycles. The highest BCUT2D eigenvalue weighted by molar-refractivity contribution is 5.97. The molecule has 3 aliphatic heterocycles. The Hall–Kier alpha value is -2.84. The minimum atomic E-state index is -0.249. The van der Waals surface area contributed by atoms with Crippen molar-refractivity contribution in [3.63, 3.8) is 0 Å². The predicted molar refractivity (Wildman–Crippen MR) is 144 cm³/mol. The zero-order valence-corrected chi connectivity index (χ0v) is 22.6. The van der Waals surface area contributed by atoms with Crippen LogP contribution in [0.5, 0.6) is 0 Å². The van der Waals surface area contributed by atoms with E-state index >= 15 is 0 Å². The summed E-state index contributed by atoms with van der Waals surface area (Å²) >= 11 is 0. The molecule has 6 rings (SSSR count). The van der Waals surface area contributed by atoms with E-state index in [0.29, 0.717) is 38.0 Å². The van der Waals surface area contributed by atoms with Crippen LogP contribution in [-0.4, -0.2) is 77.4 Å². The van der Waals surface area contributed by atoms with Gasteiger partial charge in [0.1, 0.15) is 5.82 Å². The lowest BCUT2D eigenvalue weighted by Gasteiger charge is -2.42. The van der Waals surface area contributed by atoms with E-state index < -0.39 is 0 Å². The molecule has 8 heteroatoms. The highest BCUT2D eigenvalue weighted by Gasteiger charge is 2.46. The number of carbonyl (C=O) groups excluding carboxylic acids is 2. The number of nitrogens with one attached hydrogen (secondary N) is 1. The fraction of sp³-hybridized carbons (Fsp3) is 0.567. The van der Waals surface area contributed by atoms with Gasteiger partial charge in [0.05, 0.1) is 17.9 Å². The molecule has 4 aliphatic rings. The maximum atomic E-state index is 13.9. The number of anilines is 1. The van der Waals surface area contributed by atoms with Gasteiger partial charge >= 0.3 is 0 Å². The number of fused-ring (bicyclic) bond motifs is 3. The standard InChI is InChI=1S/C30H38FN5O2/c1-19-15-34(25(14-32-19)16-35-24-9-6-22(12-24)29(35)38)17-27(37)36-18-30(2,3)28-26(36)11-21(13-33-28)10-20-4-7-23(31)8-5-20/h4-5,7-8,11,13,19,22,24-25,32H,6,9-10,12,14-18H2,1-3H3/t19-,22-,24+,25-/m1/s1. The lowest BCUT2D eigenvalue weighted by Crippen LogP contribution is -2.61. The van der Waals surface area contributed by atoms with Crippen molar-refractivity contribution in [3.8, 4) is 0 Å². The number of aromatic nitrogens is 1. The smallest absolute Gasteiger partial charge is 0.241 e. The van der Waals surface area contributed by atoms with Crippen molar-refractivity contribution in [3.05, 3.63) is 59.2 Å². The minimum absolute atomic E-state index is 0.0749. The summed E-state index contributed by atoms with van der Waals surface area (Å²) in [6.07, 6.45) is 5.66. The van der Waals surface area contributed by atoms with E-state index in [-0.39, 0.29) is 35.1 Å². The number of piperazine rings is 1. The van der Waals surface area contributed by atoms with Crippen LogP contribution in [-0.2, 0) is 21.4 Å². The molecule has 38 heavy (non-hydrogen) atoms. The summed E-state index contributed by atoms with van der Waals surface area (Å²) in [7, 11) is 0. The third kappa shape index (κ3) is 4.73. The molecule has 1 saturated carbocycles. The molecule has 1 aromatic heterocycles. The molecule has 1 aliphatic carbocycles. The van der Waals surface area contributed by atoms with Gasteiger partial charge in [-0.25, -0.2) is 4.39 Å². The van der Waals surface area contributed by atoms with Crippen molar-refractivity contribution >= 4 is 17.5 Å². The first-order valence-electron chi connectivity index (χ1n) is 14.0. The van der Waals surface area contributed by atoms with E-state index in [1.165, 1.54) is 12.1 Å². The highest BCUT2D eigenvalue weighted by Crippen LogP contribution is 2.40. The van der Waals surface area contributed by atoms with E-state index in [1.807, 2.05) is 11.1 Å². The van der Waals surface area contributed by atoms with Gasteiger partial charge in [-0.05, 0) is 61.9 Å². The molecule has 0 unspecified atom stereocenters. The second-order valence-corrected chi connectivity index (χ2v) is 12.4. The summed E-state index contributed by atoms with van der Waals surface area (Å²) in [5.41, 5.74) is 3.59. The van der Waals surface area contributed by atoms with Crippen LogP contribution in [0.25, 0.3) is 0 Å². The van der Waals surface area contributed by atoms with Crippen LogP contribution >= 0.6 is 0 Å². The Morgan fingerprint density at radius 1 is 1.18 bits per heavy atom. The Morgan fingerprint density at radius 3 is 2.71 bits per heavy atom. The van der Waals surface area contributed by atoms with Crippen molar-refractivity contribution in [2.24, 2.45) is 5.92 Å². The van der Waals surface area contributed by atoms with Crippen LogP contribution < -0.4 is 10.2 Å². The average molecular weight is 520 g/mol. The molecule has 2 aromatic rings. The Balaban J connectivity index is 1.19. The normalized spacial score (nSPS) is 28.3. The summed E-state index contributed by atoms with van der Waals surface area (Å²) in [5.74, 6) is 0.346. The number of carbonyl (C=O) groups is 2. The first-order chi connectivity index (χ1) is 18.2. The Morgan fingerprint density at radius 2 is 1.97 bits per heavy atom. The van der Waals surface area contributed by atoms with E-state index in [1.54, 1.807) is 12.1 Å². The number of hydrogen-bond acceptors (Lipinski definition) is 5. The Kier molecular flexibility index (Phi) is 6.51. The molecular formula is C30H38FN5O2. The van der Waals surface area contributed by atoms with E-state index in [4.69, 9.17) is 4.98 Å². The van der Waals surface area contributed by atoms with Gasteiger partial charge in [-0.15, -0.1) is 0 Å². The lowest BCUT2D eigenvalue weighted by molar-refractivity contribution is -0.135. The molecule has 2 amide bonds. The van der Waals surface area contributed by atoms with Gasteiger partial charge < -0.3 is 15.1 Å². The highest BCUT2D eigenvalue weighted by atomic mass is 19.1. The SMILES string of the molecule is C[C@@H]1CN(CC(=O)N2CC(C)(C)c3ncc(Cc4ccc(F)cc4)cc32)[C@@H](CN2C(=O)[C@@H]3CC[C@H]2C3)CN1. The number of halogens is 1. The molecule has 2 bridgehead atoms. The number of hydrogen-bond donors (Lipinski definition) is 1. The van der Waals surface area contributed by atoms with Crippen molar-refractivity contribution in [2.45, 2.75) is 70.0 Å². The summed E-state index contributed by atoms with van der Waals surface area (Å²) in [6, 6.07) is 9.39. The zero-order valence-electron chi connectivity index (χ0n) is 22.6. The molecule has 1 N–H and O–H groups in total. The maximum absolute atomic E-state index is 13.9. The number of piperidine rings is 1. The van der Waals surface area contributed by atoms with E-state index in [2.05, 4.69) is 42.0 Å². The monoisotopic (exact) mass is 519 g/mol. The molecule has 0 spiro atoms. The van der Waals surface area contributed by atoms with E-state index in [9.17, 15) is 14.0 Å². The van der Waals surface area contributed by atoms with Gasteiger partial charge in [0.2, 0.25) is 11.8 Å². The lowest BCUT2D eigenvalue weighted by atomic mass is 9.91. The second kappa shape index (κ2) is 9.72. The van der Waals surface area contributed by atoms with Crippen molar-refractivity contribution in [1.82, 2.24) is 20.1 Å². The fourth-order valence-corrected chi connectivity index (χ4v) is 6.94. The quantitative estimate of drug-likeness (QED) is 0.635. The fourth-order valence-electron chi connectivity index (χ4n) is 6.94. The number of nitrogens with zero attached hydrogens (tertiary/aromatic N) is 4. The van der Waals surface area contributed by atoms with Crippen molar-refractivity contribution < 1.29 is 14.0 Å². The average Bonchev–Trinajstić information content (AvgIpc) is 3.55. The van der Waals surface area contributed by atoms with Gasteiger partial charge in [0.25, 0.3) is 0 Å². The van der Waals surface area contributed by atoms with Gasteiger partial charge in [-0.3, -0.25) is 19.5 Å². The molecule has 0 radical (unpaired) electrons. The summed E-state index contributed by atoms with van der Waals surface area (Å²) < 4.78 is 13.4. The molecule has 3 fully saturated rings. The predicted octanol–water partition coefficient (Wildman–Crippen LogP) is 3.11. The third-order valence-electron chi connectivity index (χ3n) is 8.98. The molecule has 4 heterocycles. The Bertz CT molecular complexity index is 1230. The van der Waals surface area contributed by atoms with Gasteiger partial charge in [0, 0.05) is 61.8 Å². The number of amides is 2. The van der Waals surface area contributed by atoms with Crippen LogP contribution in [0.1, 0.15) is 56.9 Å². The number of likely N-dealkylation sites (tertiary alicyclic amines) is 1. The number of benzene rings is 1. The zero-order chi connectivity index (χ0) is 26.6. The summed E-state index contributed by atoms with van der Waals surface area (Å²) in [5, 5.41) is 3.56. The largest absolute Gasteiger partial charge is 0.338 e. The third-order valence-corrected chi connectivity index (χ3v) is 8.98. The summed E-state index contributed by atoms with van der Waals surface area (Å²) in [6.45, 7) is 9.58. The number of rotatable bonds is 6. The Labute approximate surface area is 224 Å². The second-order valence-electron chi connectivity index (χ2n) is 12.4. The van der Waals surface area contributed by atoms with Crippen LogP contribution in [0.15, 0.2) is 36.5 Å². The molecule has 4 atom stereocenters. The van der Waals surface area contributed by atoms with Crippen LogP contribution in [0.2, 0.25) is 0 Å². The van der Waals surface area contributed by atoms with Gasteiger partial charge in [-0.1, -0.05) is 26.0 Å². The van der Waals surface area contributed by atoms with E-state index in [0.717, 1.165) is 54.9 Å². The van der Waals surface area contributed by atoms with Crippen molar-refractivity contribution in [2.75, 3.05) is 37.6 Å². The maximum Gasteiger partial charge on any atom is 0.241 e.